The summed E-state index contributed by atoms with van der Waals surface area (Å²) in [6, 6.07) is -3.29. The second-order valence-electron chi connectivity index (χ2n) is 4.05. The van der Waals surface area contributed by atoms with E-state index in [9.17, 15) is 22.8 Å². The molecular formula is C9H17N3O6S. The van der Waals surface area contributed by atoms with Crippen molar-refractivity contribution in [3.05, 3.63) is 0 Å². The van der Waals surface area contributed by atoms with Crippen LogP contribution in [0.5, 0.6) is 0 Å². The van der Waals surface area contributed by atoms with E-state index in [-0.39, 0.29) is 12.2 Å². The Morgan fingerprint density at radius 2 is 1.79 bits per heavy atom. The zero-order valence-electron chi connectivity index (χ0n) is 10.5. The van der Waals surface area contributed by atoms with Crippen molar-refractivity contribution in [2.75, 3.05) is 12.0 Å². The zero-order chi connectivity index (χ0) is 15.2. The maximum absolute atomic E-state index is 11.5. The van der Waals surface area contributed by atoms with Gasteiger partial charge in [-0.1, -0.05) is 0 Å². The number of primary amides is 1. The normalized spacial score (nSPS) is 14.2. The third kappa shape index (κ3) is 7.97. The Balaban J connectivity index is 4.54. The molecule has 0 aliphatic heterocycles. The highest BCUT2D eigenvalue weighted by molar-refractivity contribution is 7.90. The van der Waals surface area contributed by atoms with Crippen LogP contribution < -0.4 is 16.4 Å². The van der Waals surface area contributed by atoms with Crippen LogP contribution >= 0.6 is 0 Å². The molecule has 110 valence electrons. The Morgan fingerprint density at radius 3 is 2.16 bits per heavy atom. The first-order valence-electron chi connectivity index (χ1n) is 5.30. The molecule has 0 spiro atoms. The number of sulfone groups is 1. The van der Waals surface area contributed by atoms with Crippen LogP contribution in [0.2, 0.25) is 0 Å². The SMILES string of the molecule is CC(NC(N)=O)C(=O)NC(CCS(C)(=O)=O)C(=O)O. The molecule has 0 radical (unpaired) electrons. The van der Waals surface area contributed by atoms with Crippen LogP contribution in [0.3, 0.4) is 0 Å². The lowest BCUT2D eigenvalue weighted by Gasteiger charge is -2.17. The summed E-state index contributed by atoms with van der Waals surface area (Å²) in [6.45, 7) is 1.32. The summed E-state index contributed by atoms with van der Waals surface area (Å²) >= 11 is 0. The number of hydrogen-bond acceptors (Lipinski definition) is 5. The Labute approximate surface area is 110 Å². The molecule has 19 heavy (non-hydrogen) atoms. The molecule has 0 saturated carbocycles. The Hall–Kier alpha value is -1.84. The highest BCUT2D eigenvalue weighted by atomic mass is 32.2. The lowest BCUT2D eigenvalue weighted by molar-refractivity contribution is -0.142. The van der Waals surface area contributed by atoms with Gasteiger partial charge in [-0.15, -0.1) is 0 Å². The summed E-state index contributed by atoms with van der Waals surface area (Å²) in [7, 11) is -3.33. The van der Waals surface area contributed by atoms with E-state index in [4.69, 9.17) is 10.8 Å². The van der Waals surface area contributed by atoms with Crippen LogP contribution in [0, 0.1) is 0 Å². The first-order chi connectivity index (χ1) is 8.53. The largest absolute Gasteiger partial charge is 0.480 e. The summed E-state index contributed by atoms with van der Waals surface area (Å²) in [5, 5.41) is 13.1. The minimum atomic E-state index is -3.33. The van der Waals surface area contributed by atoms with Gasteiger partial charge in [-0.25, -0.2) is 18.0 Å². The number of carboxylic acid groups (broad SMARTS) is 1. The number of nitrogens with one attached hydrogen (secondary N) is 2. The molecule has 0 heterocycles. The number of hydrogen-bond donors (Lipinski definition) is 4. The molecule has 0 aliphatic carbocycles. The number of aliphatic carboxylic acids is 1. The van der Waals surface area contributed by atoms with Crippen LogP contribution in [0.1, 0.15) is 13.3 Å². The molecule has 9 nitrogen and oxygen atoms in total. The molecule has 0 aromatic carbocycles. The average Bonchev–Trinajstić information content (AvgIpc) is 2.20. The molecule has 0 bridgehead atoms. The fourth-order valence-corrected chi connectivity index (χ4v) is 1.83. The summed E-state index contributed by atoms with van der Waals surface area (Å²) < 4.78 is 21.9. The van der Waals surface area contributed by atoms with Gasteiger partial charge in [0.15, 0.2) is 0 Å². The summed E-state index contributed by atoms with van der Waals surface area (Å²) in [6.07, 6.45) is 0.703. The van der Waals surface area contributed by atoms with E-state index in [1.807, 2.05) is 0 Å². The van der Waals surface area contributed by atoms with Crippen molar-refractivity contribution in [3.8, 4) is 0 Å². The van der Waals surface area contributed by atoms with E-state index >= 15 is 0 Å². The van der Waals surface area contributed by atoms with Gasteiger partial charge in [0.2, 0.25) is 5.91 Å². The molecule has 0 aliphatic rings. The fourth-order valence-electron chi connectivity index (χ4n) is 1.16. The topological polar surface area (TPSA) is 156 Å². The predicted molar refractivity (Wildman–Crippen MR) is 66.1 cm³/mol. The summed E-state index contributed by atoms with van der Waals surface area (Å²) in [4.78, 5) is 32.9. The molecule has 2 unspecified atom stereocenters. The van der Waals surface area contributed by atoms with E-state index in [1.165, 1.54) is 6.92 Å². The smallest absolute Gasteiger partial charge is 0.326 e. The standard InChI is InChI=1S/C9H17N3O6S/c1-5(11-9(10)16)7(13)12-6(8(14)15)3-4-19(2,17)18/h5-6H,3-4H2,1-2H3,(H,12,13)(H,14,15)(H3,10,11,16). The highest BCUT2D eigenvalue weighted by Crippen LogP contribution is 1.98. The Morgan fingerprint density at radius 1 is 1.26 bits per heavy atom. The Kier molecular flexibility index (Phi) is 6.25. The number of rotatable bonds is 7. The zero-order valence-corrected chi connectivity index (χ0v) is 11.4. The van der Waals surface area contributed by atoms with Crippen LogP contribution in [0.25, 0.3) is 0 Å². The van der Waals surface area contributed by atoms with Crippen molar-refractivity contribution < 1.29 is 27.9 Å². The van der Waals surface area contributed by atoms with E-state index < -0.39 is 39.8 Å². The number of nitrogens with two attached hydrogens (primary N) is 1. The van der Waals surface area contributed by atoms with Crippen molar-refractivity contribution >= 4 is 27.7 Å². The van der Waals surface area contributed by atoms with Gasteiger partial charge in [0.25, 0.3) is 0 Å². The second kappa shape index (κ2) is 6.92. The van der Waals surface area contributed by atoms with Gasteiger partial charge in [0.1, 0.15) is 21.9 Å². The van der Waals surface area contributed by atoms with Crippen molar-refractivity contribution in [2.24, 2.45) is 5.73 Å². The van der Waals surface area contributed by atoms with Gasteiger partial charge in [0, 0.05) is 6.26 Å². The maximum atomic E-state index is 11.5. The third-order valence-electron chi connectivity index (χ3n) is 2.14. The van der Waals surface area contributed by atoms with Crippen LogP contribution in [-0.2, 0) is 19.4 Å². The van der Waals surface area contributed by atoms with Gasteiger partial charge >= 0.3 is 12.0 Å². The number of carbonyl (C=O) groups excluding carboxylic acids is 2. The molecule has 10 heteroatoms. The molecule has 2 atom stereocenters. The van der Waals surface area contributed by atoms with E-state index in [1.54, 1.807) is 0 Å². The van der Waals surface area contributed by atoms with Gasteiger partial charge < -0.3 is 21.5 Å². The lowest BCUT2D eigenvalue weighted by Crippen LogP contribution is -2.51. The van der Waals surface area contributed by atoms with E-state index in [2.05, 4.69) is 10.6 Å². The molecule has 5 N–H and O–H groups in total. The molecule has 0 aromatic rings. The van der Waals surface area contributed by atoms with E-state index in [0.29, 0.717) is 0 Å². The molecule has 0 saturated heterocycles. The first kappa shape index (κ1) is 17.2. The van der Waals surface area contributed by atoms with Gasteiger partial charge in [-0.3, -0.25) is 4.79 Å². The fraction of sp³-hybridized carbons (Fsp3) is 0.667. The van der Waals surface area contributed by atoms with Crippen LogP contribution in [0.4, 0.5) is 4.79 Å². The first-order valence-corrected chi connectivity index (χ1v) is 7.36. The van der Waals surface area contributed by atoms with Crippen LogP contribution in [0.15, 0.2) is 0 Å². The number of carboxylic acids is 1. The van der Waals surface area contributed by atoms with Crippen molar-refractivity contribution in [2.45, 2.75) is 25.4 Å². The molecule has 0 aromatic heterocycles. The molecule has 3 amide bonds. The van der Waals surface area contributed by atoms with Gasteiger partial charge in [0.05, 0.1) is 5.75 Å². The lowest BCUT2D eigenvalue weighted by atomic mass is 10.2. The van der Waals surface area contributed by atoms with Crippen molar-refractivity contribution in [1.82, 2.24) is 10.6 Å². The molecule has 0 fully saturated rings. The predicted octanol–water partition coefficient (Wildman–Crippen LogP) is -1.95. The highest BCUT2D eigenvalue weighted by Gasteiger charge is 2.24. The monoisotopic (exact) mass is 295 g/mol. The average molecular weight is 295 g/mol. The Bertz CT molecular complexity index is 461. The number of urea groups is 1. The van der Waals surface area contributed by atoms with Gasteiger partial charge in [-0.2, -0.15) is 0 Å². The maximum Gasteiger partial charge on any atom is 0.326 e. The number of amides is 3. The van der Waals surface area contributed by atoms with Crippen molar-refractivity contribution in [3.63, 3.8) is 0 Å². The second-order valence-corrected chi connectivity index (χ2v) is 6.31. The number of carbonyl (C=O) groups is 3. The third-order valence-corrected chi connectivity index (χ3v) is 3.12. The van der Waals surface area contributed by atoms with Gasteiger partial charge in [-0.05, 0) is 13.3 Å². The summed E-state index contributed by atoms with van der Waals surface area (Å²) in [5.74, 6) is -2.50. The van der Waals surface area contributed by atoms with E-state index in [0.717, 1.165) is 6.26 Å². The summed E-state index contributed by atoms with van der Waals surface area (Å²) in [5.41, 5.74) is 4.81. The van der Waals surface area contributed by atoms with Crippen molar-refractivity contribution in [1.29, 1.82) is 0 Å². The molecule has 0 rings (SSSR count). The molecular weight excluding hydrogens is 278 g/mol. The van der Waals surface area contributed by atoms with Crippen LogP contribution in [-0.4, -0.2) is 55.5 Å². The quantitative estimate of drug-likeness (QED) is 0.427. The minimum absolute atomic E-state index is 0.261. The minimum Gasteiger partial charge on any atom is -0.480 e.